The molecule has 1 fully saturated rings. The number of carboxylic acid groups (broad SMARTS) is 1. The van der Waals surface area contributed by atoms with E-state index in [0.29, 0.717) is 11.6 Å². The van der Waals surface area contributed by atoms with Crippen molar-refractivity contribution in [2.45, 2.75) is 19.9 Å². The fourth-order valence-corrected chi connectivity index (χ4v) is 3.02. The lowest BCUT2D eigenvalue weighted by molar-refractivity contribution is -0.152. The van der Waals surface area contributed by atoms with Gasteiger partial charge in [0, 0.05) is 31.8 Å². The first-order valence-electron chi connectivity index (χ1n) is 9.34. The second kappa shape index (κ2) is 9.17. The fraction of sp³-hybridized carbons (Fsp3) is 0.286. The Morgan fingerprint density at radius 1 is 1.20 bits per heavy atom. The SMILES string of the molecule is Cc1ccc(Oc2ccc(CN3CCC(=O)C(C(=O)NCC(=O)O)C3=O)cc2)nc1. The van der Waals surface area contributed by atoms with Gasteiger partial charge in [0.2, 0.25) is 17.7 Å². The van der Waals surface area contributed by atoms with Crippen LogP contribution in [0.15, 0.2) is 42.6 Å². The molecule has 0 spiro atoms. The molecule has 156 valence electrons. The normalized spacial score (nSPS) is 16.3. The Bertz CT molecular complexity index is 956. The molecular formula is C21H21N3O6. The Morgan fingerprint density at radius 2 is 1.93 bits per heavy atom. The molecule has 1 aliphatic rings. The number of Topliss-reactive ketones (excluding diaryl/α,β-unsaturated/α-hetero) is 1. The molecule has 2 N–H and O–H groups in total. The van der Waals surface area contributed by atoms with Crippen molar-refractivity contribution in [3.05, 3.63) is 53.7 Å². The number of piperidine rings is 1. The molecule has 2 aromatic rings. The Balaban J connectivity index is 1.62. The monoisotopic (exact) mass is 411 g/mol. The highest BCUT2D eigenvalue weighted by molar-refractivity contribution is 6.19. The summed E-state index contributed by atoms with van der Waals surface area (Å²) in [6.45, 7) is 1.71. The third-order valence-corrected chi connectivity index (χ3v) is 4.59. The number of ether oxygens (including phenoxy) is 1. The van der Waals surface area contributed by atoms with Gasteiger partial charge in [-0.2, -0.15) is 0 Å². The highest BCUT2D eigenvalue weighted by Gasteiger charge is 2.40. The van der Waals surface area contributed by atoms with Gasteiger partial charge in [-0.05, 0) is 30.2 Å². The molecule has 2 heterocycles. The average Bonchev–Trinajstić information content (AvgIpc) is 2.72. The number of nitrogens with zero attached hydrogens (tertiary/aromatic N) is 2. The van der Waals surface area contributed by atoms with Gasteiger partial charge in [0.25, 0.3) is 0 Å². The maximum atomic E-state index is 12.6. The van der Waals surface area contributed by atoms with Crippen LogP contribution in [0.4, 0.5) is 0 Å². The van der Waals surface area contributed by atoms with Crippen LogP contribution in [0, 0.1) is 12.8 Å². The number of rotatable bonds is 7. The van der Waals surface area contributed by atoms with Gasteiger partial charge in [0.1, 0.15) is 12.3 Å². The summed E-state index contributed by atoms with van der Waals surface area (Å²) in [6.07, 6.45) is 1.74. The predicted octanol–water partition coefficient (Wildman–Crippen LogP) is 1.30. The molecule has 1 unspecified atom stereocenters. The van der Waals surface area contributed by atoms with E-state index >= 15 is 0 Å². The predicted molar refractivity (Wildman–Crippen MR) is 105 cm³/mol. The van der Waals surface area contributed by atoms with Crippen LogP contribution < -0.4 is 10.1 Å². The molecule has 0 bridgehead atoms. The summed E-state index contributed by atoms with van der Waals surface area (Å²) in [7, 11) is 0. The summed E-state index contributed by atoms with van der Waals surface area (Å²) in [6, 6.07) is 10.7. The zero-order valence-corrected chi connectivity index (χ0v) is 16.3. The highest BCUT2D eigenvalue weighted by Crippen LogP contribution is 2.22. The summed E-state index contributed by atoms with van der Waals surface area (Å²) in [5.41, 5.74) is 1.82. The van der Waals surface area contributed by atoms with E-state index in [1.54, 1.807) is 36.5 Å². The summed E-state index contributed by atoms with van der Waals surface area (Å²) < 4.78 is 5.67. The third-order valence-electron chi connectivity index (χ3n) is 4.59. The van der Waals surface area contributed by atoms with Gasteiger partial charge in [-0.1, -0.05) is 18.2 Å². The quantitative estimate of drug-likeness (QED) is 0.658. The van der Waals surface area contributed by atoms with Gasteiger partial charge in [-0.25, -0.2) is 4.98 Å². The Labute approximate surface area is 172 Å². The van der Waals surface area contributed by atoms with Crippen LogP contribution in [-0.4, -0.2) is 51.6 Å². The van der Waals surface area contributed by atoms with Crippen LogP contribution in [0.25, 0.3) is 0 Å². The number of carbonyl (C=O) groups is 4. The molecule has 9 heteroatoms. The van der Waals surface area contributed by atoms with Crippen molar-refractivity contribution in [2.24, 2.45) is 5.92 Å². The maximum absolute atomic E-state index is 12.6. The van der Waals surface area contributed by atoms with E-state index in [1.807, 2.05) is 13.0 Å². The number of amides is 2. The van der Waals surface area contributed by atoms with E-state index in [4.69, 9.17) is 9.84 Å². The number of ketones is 1. The maximum Gasteiger partial charge on any atom is 0.322 e. The molecule has 1 aromatic carbocycles. The summed E-state index contributed by atoms with van der Waals surface area (Å²) in [4.78, 5) is 53.0. The highest BCUT2D eigenvalue weighted by atomic mass is 16.5. The zero-order chi connectivity index (χ0) is 21.7. The molecular weight excluding hydrogens is 390 g/mol. The second-order valence-electron chi connectivity index (χ2n) is 6.94. The molecule has 0 aliphatic carbocycles. The Hall–Kier alpha value is -3.75. The smallest absolute Gasteiger partial charge is 0.322 e. The third kappa shape index (κ3) is 5.19. The fourth-order valence-electron chi connectivity index (χ4n) is 3.02. The first kappa shape index (κ1) is 21.0. The number of hydrogen-bond donors (Lipinski definition) is 2. The van der Waals surface area contributed by atoms with Crippen molar-refractivity contribution in [3.8, 4) is 11.6 Å². The second-order valence-corrected chi connectivity index (χ2v) is 6.94. The average molecular weight is 411 g/mol. The van der Waals surface area contributed by atoms with Crippen LogP contribution in [-0.2, 0) is 25.7 Å². The number of pyridine rings is 1. The molecule has 9 nitrogen and oxygen atoms in total. The van der Waals surface area contributed by atoms with E-state index in [2.05, 4.69) is 10.3 Å². The lowest BCUT2D eigenvalue weighted by atomic mass is 9.94. The van der Waals surface area contributed by atoms with Crippen LogP contribution >= 0.6 is 0 Å². The first-order valence-corrected chi connectivity index (χ1v) is 9.34. The number of hydrogen-bond acceptors (Lipinski definition) is 6. The number of aromatic nitrogens is 1. The Morgan fingerprint density at radius 3 is 2.57 bits per heavy atom. The van der Waals surface area contributed by atoms with E-state index < -0.39 is 36.0 Å². The van der Waals surface area contributed by atoms with E-state index in [9.17, 15) is 19.2 Å². The minimum absolute atomic E-state index is 0.0389. The van der Waals surface area contributed by atoms with Crippen LogP contribution in [0.5, 0.6) is 11.6 Å². The molecule has 1 atom stereocenters. The largest absolute Gasteiger partial charge is 0.480 e. The Kier molecular flexibility index (Phi) is 6.41. The molecule has 0 saturated carbocycles. The lowest BCUT2D eigenvalue weighted by Gasteiger charge is -2.30. The van der Waals surface area contributed by atoms with Crippen LogP contribution in [0.2, 0.25) is 0 Å². The molecule has 30 heavy (non-hydrogen) atoms. The van der Waals surface area contributed by atoms with Crippen molar-refractivity contribution >= 4 is 23.6 Å². The van der Waals surface area contributed by atoms with Gasteiger partial charge in [0.05, 0.1) is 0 Å². The van der Waals surface area contributed by atoms with Crippen molar-refractivity contribution in [2.75, 3.05) is 13.1 Å². The van der Waals surface area contributed by atoms with Gasteiger partial charge in [0.15, 0.2) is 11.7 Å². The van der Waals surface area contributed by atoms with Crippen molar-refractivity contribution in [1.82, 2.24) is 15.2 Å². The molecule has 1 aliphatic heterocycles. The van der Waals surface area contributed by atoms with Crippen molar-refractivity contribution < 1.29 is 29.0 Å². The van der Waals surface area contributed by atoms with Gasteiger partial charge in [-0.15, -0.1) is 0 Å². The number of benzene rings is 1. The number of likely N-dealkylation sites (tertiary alicyclic amines) is 1. The van der Waals surface area contributed by atoms with E-state index in [0.717, 1.165) is 11.1 Å². The molecule has 1 aromatic heterocycles. The topological polar surface area (TPSA) is 126 Å². The van der Waals surface area contributed by atoms with E-state index in [1.165, 1.54) is 4.90 Å². The summed E-state index contributed by atoms with van der Waals surface area (Å²) in [5, 5.41) is 10.8. The lowest BCUT2D eigenvalue weighted by Crippen LogP contribution is -2.52. The van der Waals surface area contributed by atoms with Gasteiger partial charge < -0.3 is 20.1 Å². The molecule has 0 radical (unpaired) electrons. The van der Waals surface area contributed by atoms with Crippen LogP contribution in [0.1, 0.15) is 17.5 Å². The number of aryl methyl sites for hydroxylation is 1. The van der Waals surface area contributed by atoms with Crippen molar-refractivity contribution in [3.63, 3.8) is 0 Å². The molecule has 2 amide bonds. The van der Waals surface area contributed by atoms with Gasteiger partial charge in [-0.3, -0.25) is 19.2 Å². The van der Waals surface area contributed by atoms with Gasteiger partial charge >= 0.3 is 5.97 Å². The van der Waals surface area contributed by atoms with Crippen LogP contribution in [0.3, 0.4) is 0 Å². The molecule has 1 saturated heterocycles. The minimum Gasteiger partial charge on any atom is -0.480 e. The minimum atomic E-state index is -1.51. The zero-order valence-electron chi connectivity index (χ0n) is 16.3. The number of carboxylic acids is 1. The standard InChI is InChI=1S/C21H21N3O6/c1-13-2-7-17(22-10-13)30-15-5-3-14(4-6-15)12-24-9-8-16(25)19(21(24)29)20(28)23-11-18(26)27/h2-7,10,19H,8-9,11-12H2,1H3,(H,23,28)(H,26,27). The summed E-state index contributed by atoms with van der Waals surface area (Å²) >= 11 is 0. The first-order chi connectivity index (χ1) is 14.3. The number of aliphatic carboxylic acids is 1. The van der Waals surface area contributed by atoms with Crippen molar-refractivity contribution in [1.29, 1.82) is 0 Å². The number of carbonyl (C=O) groups excluding carboxylic acids is 3. The number of nitrogens with one attached hydrogen (secondary N) is 1. The van der Waals surface area contributed by atoms with E-state index in [-0.39, 0.29) is 19.5 Å². The summed E-state index contributed by atoms with van der Waals surface area (Å²) in [5.74, 6) is -3.72. The molecule has 3 rings (SSSR count).